The summed E-state index contributed by atoms with van der Waals surface area (Å²) in [6.07, 6.45) is 7.09. The first-order valence-electron chi connectivity index (χ1n) is 9.64. The molecule has 0 saturated carbocycles. The highest BCUT2D eigenvalue weighted by Crippen LogP contribution is 2.34. The Labute approximate surface area is 161 Å². The van der Waals surface area contributed by atoms with E-state index in [1.807, 2.05) is 24.1 Å². The van der Waals surface area contributed by atoms with Crippen LogP contribution in [0.3, 0.4) is 0 Å². The van der Waals surface area contributed by atoms with Crippen molar-refractivity contribution in [2.75, 3.05) is 0 Å². The highest BCUT2D eigenvalue weighted by Gasteiger charge is 2.24. The van der Waals surface area contributed by atoms with Crippen molar-refractivity contribution in [2.24, 2.45) is 7.05 Å². The molecule has 138 valence electrons. The fourth-order valence-corrected chi connectivity index (χ4v) is 4.18. The first kappa shape index (κ1) is 17.7. The van der Waals surface area contributed by atoms with Crippen molar-refractivity contribution in [3.63, 3.8) is 0 Å². The predicted molar refractivity (Wildman–Crippen MR) is 113 cm³/mol. The minimum Gasteiger partial charge on any atom is -0.275 e. The quantitative estimate of drug-likeness (QED) is 0.464. The van der Waals surface area contributed by atoms with Gasteiger partial charge < -0.3 is 0 Å². The van der Waals surface area contributed by atoms with Crippen molar-refractivity contribution in [1.29, 1.82) is 0 Å². The normalized spacial score (nSPS) is 12.4. The summed E-state index contributed by atoms with van der Waals surface area (Å²) in [6.45, 7) is 9.09. The zero-order chi connectivity index (χ0) is 19.2. The van der Waals surface area contributed by atoms with Gasteiger partial charge in [0, 0.05) is 36.4 Å². The van der Waals surface area contributed by atoms with Crippen LogP contribution in [-0.4, -0.2) is 14.8 Å². The molecule has 0 aliphatic heterocycles. The molecule has 0 bridgehead atoms. The molecule has 4 aromatic rings. The Morgan fingerprint density at radius 2 is 1.85 bits per heavy atom. The van der Waals surface area contributed by atoms with Crippen LogP contribution in [0.25, 0.3) is 21.7 Å². The molecule has 27 heavy (non-hydrogen) atoms. The van der Waals surface area contributed by atoms with Crippen LogP contribution in [0.5, 0.6) is 0 Å². The average Bonchev–Trinajstić information content (AvgIpc) is 3.00. The molecule has 0 atom stereocenters. The third-order valence-corrected chi connectivity index (χ3v) is 5.52. The van der Waals surface area contributed by atoms with E-state index in [-0.39, 0.29) is 5.41 Å². The van der Waals surface area contributed by atoms with Gasteiger partial charge in [0.1, 0.15) is 0 Å². The van der Waals surface area contributed by atoms with Gasteiger partial charge in [-0.2, -0.15) is 5.10 Å². The molecule has 0 saturated heterocycles. The van der Waals surface area contributed by atoms with Crippen LogP contribution < -0.4 is 0 Å². The molecule has 0 aliphatic rings. The maximum Gasteiger partial charge on any atom is 0.0926 e. The van der Waals surface area contributed by atoms with Crippen LogP contribution in [0.2, 0.25) is 0 Å². The highest BCUT2D eigenvalue weighted by atomic mass is 15.2. The van der Waals surface area contributed by atoms with Gasteiger partial charge in [-0.3, -0.25) is 9.67 Å². The van der Waals surface area contributed by atoms with Crippen molar-refractivity contribution in [3.8, 4) is 0 Å². The van der Waals surface area contributed by atoms with Gasteiger partial charge >= 0.3 is 0 Å². The summed E-state index contributed by atoms with van der Waals surface area (Å²) >= 11 is 0. The van der Waals surface area contributed by atoms with E-state index in [4.69, 9.17) is 0 Å². The molecule has 3 nitrogen and oxygen atoms in total. The Morgan fingerprint density at radius 3 is 2.63 bits per heavy atom. The van der Waals surface area contributed by atoms with Crippen molar-refractivity contribution >= 4 is 21.7 Å². The molecule has 0 aliphatic carbocycles. The molecule has 2 aromatic carbocycles. The third-order valence-electron chi connectivity index (χ3n) is 5.52. The van der Waals surface area contributed by atoms with Crippen LogP contribution in [0.1, 0.15) is 50.3 Å². The first-order chi connectivity index (χ1) is 12.8. The molecule has 0 spiro atoms. The van der Waals surface area contributed by atoms with E-state index < -0.39 is 0 Å². The Bertz CT molecular complexity index is 1120. The molecule has 4 rings (SSSR count). The molecule has 0 amide bonds. The van der Waals surface area contributed by atoms with E-state index in [2.05, 4.69) is 80.4 Å². The number of aromatic nitrogens is 3. The first-order valence-corrected chi connectivity index (χ1v) is 9.64. The summed E-state index contributed by atoms with van der Waals surface area (Å²) in [7, 11) is 1.99. The monoisotopic (exact) mass is 357 g/mol. The van der Waals surface area contributed by atoms with E-state index >= 15 is 0 Å². The highest BCUT2D eigenvalue weighted by molar-refractivity contribution is 5.86. The molecule has 0 unspecified atom stereocenters. The summed E-state index contributed by atoms with van der Waals surface area (Å²) < 4.78 is 1.90. The zero-order valence-electron chi connectivity index (χ0n) is 16.8. The van der Waals surface area contributed by atoms with E-state index in [0.29, 0.717) is 5.92 Å². The van der Waals surface area contributed by atoms with Crippen molar-refractivity contribution in [3.05, 3.63) is 71.7 Å². The van der Waals surface area contributed by atoms with Gasteiger partial charge in [-0.1, -0.05) is 52.0 Å². The van der Waals surface area contributed by atoms with Crippen LogP contribution in [0.15, 0.2) is 55.0 Å². The third kappa shape index (κ3) is 3.23. The van der Waals surface area contributed by atoms with Gasteiger partial charge in [-0.05, 0) is 52.0 Å². The molecule has 2 aromatic heterocycles. The summed E-state index contributed by atoms with van der Waals surface area (Å²) in [5.74, 6) is 0.478. The molecular formula is C24H27N3. The number of nitrogens with zero attached hydrogens (tertiary/aromatic N) is 3. The van der Waals surface area contributed by atoms with Gasteiger partial charge in [0.05, 0.1) is 5.52 Å². The molecule has 0 fully saturated rings. The smallest absolute Gasteiger partial charge is 0.0926 e. The Morgan fingerprint density at radius 1 is 1.04 bits per heavy atom. The summed E-state index contributed by atoms with van der Waals surface area (Å²) in [5.41, 5.74) is 5.09. The molecule has 0 N–H and O–H groups in total. The van der Waals surface area contributed by atoms with Crippen molar-refractivity contribution in [1.82, 2.24) is 14.8 Å². The lowest BCUT2D eigenvalue weighted by molar-refractivity contribution is 0.527. The fourth-order valence-electron chi connectivity index (χ4n) is 4.18. The lowest BCUT2D eigenvalue weighted by Crippen LogP contribution is -2.20. The van der Waals surface area contributed by atoms with Gasteiger partial charge in [-0.25, -0.2) is 0 Å². The summed E-state index contributed by atoms with van der Waals surface area (Å²) in [6, 6.07) is 13.3. The van der Waals surface area contributed by atoms with Crippen LogP contribution in [-0.2, 0) is 18.9 Å². The number of benzene rings is 2. The van der Waals surface area contributed by atoms with Crippen LogP contribution >= 0.6 is 0 Å². The van der Waals surface area contributed by atoms with Gasteiger partial charge in [0.15, 0.2) is 0 Å². The topological polar surface area (TPSA) is 30.7 Å². The summed E-state index contributed by atoms with van der Waals surface area (Å²) in [4.78, 5) is 4.46. The largest absolute Gasteiger partial charge is 0.275 e. The van der Waals surface area contributed by atoms with Crippen LogP contribution in [0.4, 0.5) is 0 Å². The molecule has 3 heteroatoms. The molecule has 2 heterocycles. The van der Waals surface area contributed by atoms with Gasteiger partial charge in [0.25, 0.3) is 0 Å². The molecule has 0 radical (unpaired) electrons. The van der Waals surface area contributed by atoms with Crippen molar-refractivity contribution < 1.29 is 0 Å². The fraction of sp³-hybridized carbons (Fsp3) is 0.333. The average molecular weight is 358 g/mol. The Balaban J connectivity index is 1.74. The van der Waals surface area contributed by atoms with Crippen LogP contribution in [0, 0.1) is 0 Å². The van der Waals surface area contributed by atoms with E-state index in [9.17, 15) is 0 Å². The summed E-state index contributed by atoms with van der Waals surface area (Å²) in [5, 5.41) is 8.36. The minimum atomic E-state index is 0.0132. The lowest BCUT2D eigenvalue weighted by Gasteiger charge is -2.26. The second kappa shape index (κ2) is 6.49. The second-order valence-corrected chi connectivity index (χ2v) is 8.54. The number of hydrogen-bond donors (Lipinski definition) is 0. The van der Waals surface area contributed by atoms with E-state index in [1.165, 1.54) is 32.8 Å². The predicted octanol–water partition coefficient (Wildman–Crippen LogP) is 5.77. The number of rotatable bonds is 4. The minimum absolute atomic E-state index is 0.0132. The molecular weight excluding hydrogens is 330 g/mol. The van der Waals surface area contributed by atoms with E-state index in [1.54, 1.807) is 0 Å². The SMILES string of the molecule is CC(C)c1cncc2cc(CC(C)(C)c3cccc4nn(C)cc34)ccc12. The number of pyridine rings is 1. The van der Waals surface area contributed by atoms with E-state index in [0.717, 1.165) is 11.9 Å². The maximum atomic E-state index is 4.57. The number of hydrogen-bond acceptors (Lipinski definition) is 2. The Kier molecular flexibility index (Phi) is 4.26. The zero-order valence-corrected chi connectivity index (χ0v) is 16.8. The standard InChI is InChI=1S/C24H27N3/c1-16(2)20-14-25-13-18-11-17(9-10-19(18)20)12-24(3,4)22-7-6-8-23-21(22)15-27(5)26-23/h6-11,13-16H,12H2,1-5H3. The number of fused-ring (bicyclic) bond motifs is 2. The Hall–Kier alpha value is -2.68. The van der Waals surface area contributed by atoms with Gasteiger partial charge in [-0.15, -0.1) is 0 Å². The maximum absolute atomic E-state index is 4.57. The second-order valence-electron chi connectivity index (χ2n) is 8.54. The number of aryl methyl sites for hydroxylation is 1. The van der Waals surface area contributed by atoms with Gasteiger partial charge in [0.2, 0.25) is 0 Å². The van der Waals surface area contributed by atoms with Crippen molar-refractivity contribution in [2.45, 2.75) is 45.4 Å². The lowest BCUT2D eigenvalue weighted by atomic mass is 9.77.